The second-order valence-corrected chi connectivity index (χ2v) is 8.82. The van der Waals surface area contributed by atoms with Gasteiger partial charge in [-0.05, 0) is 37.1 Å². The lowest BCUT2D eigenvalue weighted by molar-refractivity contribution is 0.310. The molecule has 0 radical (unpaired) electrons. The van der Waals surface area contributed by atoms with Crippen LogP contribution in [0.25, 0.3) is 0 Å². The summed E-state index contributed by atoms with van der Waals surface area (Å²) in [4.78, 5) is 0.155. The van der Waals surface area contributed by atoms with Gasteiger partial charge in [0.2, 0.25) is 20.0 Å². The highest BCUT2D eigenvalue weighted by Gasteiger charge is 2.28. The lowest BCUT2D eigenvalue weighted by atomic mass is 10.1. The molecule has 1 aromatic carbocycles. The van der Waals surface area contributed by atoms with E-state index in [2.05, 4.69) is 4.72 Å². The number of hydrogen-bond acceptors (Lipinski definition) is 5. The Labute approximate surface area is 125 Å². The van der Waals surface area contributed by atoms with E-state index >= 15 is 0 Å². The van der Waals surface area contributed by atoms with Gasteiger partial charge in [0.05, 0.1) is 11.2 Å². The molecule has 0 aliphatic carbocycles. The van der Waals surface area contributed by atoms with Crippen molar-refractivity contribution >= 4 is 25.7 Å². The van der Waals surface area contributed by atoms with Crippen LogP contribution in [-0.4, -0.2) is 46.5 Å². The zero-order valence-corrected chi connectivity index (χ0v) is 13.3. The maximum atomic E-state index is 12.2. The van der Waals surface area contributed by atoms with E-state index in [4.69, 9.17) is 5.73 Å². The Hall–Kier alpha value is -1.16. The fourth-order valence-corrected chi connectivity index (χ4v) is 4.42. The number of nitrogen functional groups attached to an aromatic ring is 1. The zero-order valence-electron chi connectivity index (χ0n) is 11.7. The Bertz CT molecular complexity index is 691. The van der Waals surface area contributed by atoms with Crippen molar-refractivity contribution in [1.82, 2.24) is 9.03 Å². The van der Waals surface area contributed by atoms with Crippen LogP contribution in [0.5, 0.6) is 0 Å². The van der Waals surface area contributed by atoms with Crippen LogP contribution in [0.15, 0.2) is 29.2 Å². The van der Waals surface area contributed by atoms with Crippen LogP contribution in [0.3, 0.4) is 0 Å². The van der Waals surface area contributed by atoms with Gasteiger partial charge < -0.3 is 5.73 Å². The number of anilines is 1. The van der Waals surface area contributed by atoms with Crippen LogP contribution < -0.4 is 10.5 Å². The largest absolute Gasteiger partial charge is 0.399 e. The SMILES string of the molecule is CS(=O)(=O)N1CCC(NS(=O)(=O)c2ccc(N)cc2)CC1. The molecule has 0 amide bonds. The third kappa shape index (κ3) is 4.16. The predicted octanol–water partition coefficient (Wildman–Crippen LogP) is -0.0289. The second kappa shape index (κ2) is 5.91. The molecule has 0 bridgehead atoms. The molecule has 2 rings (SSSR count). The minimum Gasteiger partial charge on any atom is -0.399 e. The van der Waals surface area contributed by atoms with Gasteiger partial charge >= 0.3 is 0 Å². The molecule has 1 aromatic rings. The molecular formula is C12H19N3O4S2. The molecule has 21 heavy (non-hydrogen) atoms. The van der Waals surface area contributed by atoms with Crippen LogP contribution in [-0.2, 0) is 20.0 Å². The highest BCUT2D eigenvalue weighted by molar-refractivity contribution is 7.89. The average Bonchev–Trinajstić information content (AvgIpc) is 2.38. The van der Waals surface area contributed by atoms with Crippen LogP contribution >= 0.6 is 0 Å². The Morgan fingerprint density at radius 3 is 2.10 bits per heavy atom. The minimum absolute atomic E-state index is 0.155. The van der Waals surface area contributed by atoms with Crippen molar-refractivity contribution in [2.75, 3.05) is 25.1 Å². The van der Waals surface area contributed by atoms with Gasteiger partial charge in [0.25, 0.3) is 0 Å². The summed E-state index contributed by atoms with van der Waals surface area (Å²) in [5.74, 6) is 0. The summed E-state index contributed by atoms with van der Waals surface area (Å²) in [5.41, 5.74) is 6.03. The molecule has 3 N–H and O–H groups in total. The number of hydrogen-bond donors (Lipinski definition) is 2. The van der Waals surface area contributed by atoms with E-state index in [1.54, 1.807) is 0 Å². The third-order valence-corrected chi connectivity index (χ3v) is 6.27. The van der Waals surface area contributed by atoms with Gasteiger partial charge in [0.1, 0.15) is 0 Å². The van der Waals surface area contributed by atoms with E-state index < -0.39 is 20.0 Å². The molecule has 0 saturated carbocycles. The first kappa shape index (κ1) is 16.2. The van der Waals surface area contributed by atoms with E-state index in [0.29, 0.717) is 31.6 Å². The number of sulfonamides is 2. The Morgan fingerprint density at radius 2 is 1.62 bits per heavy atom. The van der Waals surface area contributed by atoms with Crippen molar-refractivity contribution in [3.8, 4) is 0 Å². The number of nitrogens with one attached hydrogen (secondary N) is 1. The molecule has 0 spiro atoms. The van der Waals surface area contributed by atoms with E-state index in [-0.39, 0.29) is 10.9 Å². The quantitative estimate of drug-likeness (QED) is 0.752. The first-order valence-corrected chi connectivity index (χ1v) is 9.84. The molecule has 0 unspecified atom stereocenters. The molecule has 1 fully saturated rings. The molecule has 1 heterocycles. The normalized spacial score (nSPS) is 18.7. The number of nitrogens with two attached hydrogens (primary N) is 1. The second-order valence-electron chi connectivity index (χ2n) is 5.13. The monoisotopic (exact) mass is 333 g/mol. The molecule has 0 atom stereocenters. The molecule has 0 aromatic heterocycles. The standard InChI is InChI=1S/C12H19N3O4S2/c1-20(16,17)15-8-6-11(7-9-15)14-21(18,19)12-4-2-10(13)3-5-12/h2-5,11,14H,6-9,13H2,1H3. The Morgan fingerprint density at radius 1 is 1.10 bits per heavy atom. The number of piperidine rings is 1. The number of nitrogens with zero attached hydrogens (tertiary/aromatic N) is 1. The Balaban J connectivity index is 2.01. The molecule has 1 aliphatic rings. The van der Waals surface area contributed by atoms with Gasteiger partial charge in [-0.25, -0.2) is 25.9 Å². The van der Waals surface area contributed by atoms with Crippen molar-refractivity contribution in [3.05, 3.63) is 24.3 Å². The minimum atomic E-state index is -3.60. The van der Waals surface area contributed by atoms with Crippen molar-refractivity contribution in [3.63, 3.8) is 0 Å². The van der Waals surface area contributed by atoms with E-state index in [9.17, 15) is 16.8 Å². The summed E-state index contributed by atoms with van der Waals surface area (Å²) in [6.45, 7) is 0.654. The molecule has 9 heteroatoms. The summed E-state index contributed by atoms with van der Waals surface area (Å²) >= 11 is 0. The summed E-state index contributed by atoms with van der Waals surface area (Å²) in [6.07, 6.45) is 2.08. The van der Waals surface area contributed by atoms with Crippen molar-refractivity contribution in [2.24, 2.45) is 0 Å². The summed E-state index contributed by atoms with van der Waals surface area (Å²) in [7, 11) is -6.81. The average molecular weight is 333 g/mol. The topological polar surface area (TPSA) is 110 Å². The van der Waals surface area contributed by atoms with Crippen LogP contribution in [0.1, 0.15) is 12.8 Å². The predicted molar refractivity (Wildman–Crippen MR) is 80.6 cm³/mol. The molecule has 1 aliphatic heterocycles. The molecule has 1 saturated heterocycles. The van der Waals surface area contributed by atoms with Crippen LogP contribution in [0.2, 0.25) is 0 Å². The van der Waals surface area contributed by atoms with Gasteiger partial charge in [-0.2, -0.15) is 0 Å². The van der Waals surface area contributed by atoms with Gasteiger partial charge in [0.15, 0.2) is 0 Å². The molecule has 118 valence electrons. The Kier molecular flexibility index (Phi) is 4.57. The first-order valence-electron chi connectivity index (χ1n) is 6.51. The zero-order chi connectivity index (χ0) is 15.7. The third-order valence-electron chi connectivity index (χ3n) is 3.44. The fraction of sp³-hybridized carbons (Fsp3) is 0.500. The van der Waals surface area contributed by atoms with E-state index in [1.165, 1.54) is 28.6 Å². The summed E-state index contributed by atoms with van der Waals surface area (Å²) in [6, 6.07) is 5.69. The van der Waals surface area contributed by atoms with Crippen molar-refractivity contribution in [1.29, 1.82) is 0 Å². The molecular weight excluding hydrogens is 314 g/mol. The summed E-state index contributed by atoms with van der Waals surface area (Å²) in [5, 5.41) is 0. The lowest BCUT2D eigenvalue weighted by Crippen LogP contribution is -2.46. The van der Waals surface area contributed by atoms with Crippen LogP contribution in [0.4, 0.5) is 5.69 Å². The van der Waals surface area contributed by atoms with E-state index in [1.807, 2.05) is 0 Å². The number of rotatable bonds is 4. The van der Waals surface area contributed by atoms with Gasteiger partial charge in [-0.3, -0.25) is 0 Å². The van der Waals surface area contributed by atoms with Gasteiger partial charge in [-0.15, -0.1) is 0 Å². The van der Waals surface area contributed by atoms with Crippen molar-refractivity contribution < 1.29 is 16.8 Å². The number of benzene rings is 1. The first-order chi connectivity index (χ1) is 9.68. The highest BCUT2D eigenvalue weighted by Crippen LogP contribution is 2.17. The van der Waals surface area contributed by atoms with Gasteiger partial charge in [0, 0.05) is 24.8 Å². The van der Waals surface area contributed by atoms with Gasteiger partial charge in [-0.1, -0.05) is 0 Å². The maximum Gasteiger partial charge on any atom is 0.240 e. The van der Waals surface area contributed by atoms with Crippen LogP contribution in [0, 0.1) is 0 Å². The maximum absolute atomic E-state index is 12.2. The van der Waals surface area contributed by atoms with E-state index in [0.717, 1.165) is 6.26 Å². The summed E-state index contributed by atoms with van der Waals surface area (Å²) < 4.78 is 51.2. The fourth-order valence-electron chi connectivity index (χ4n) is 2.24. The molecule has 7 nitrogen and oxygen atoms in total. The lowest BCUT2D eigenvalue weighted by Gasteiger charge is -2.30. The smallest absolute Gasteiger partial charge is 0.240 e. The van der Waals surface area contributed by atoms with Crippen molar-refractivity contribution in [2.45, 2.75) is 23.8 Å². The highest BCUT2D eigenvalue weighted by atomic mass is 32.2.